The lowest BCUT2D eigenvalue weighted by Gasteiger charge is -2.06. The summed E-state index contributed by atoms with van der Waals surface area (Å²) in [5, 5.41) is 4.36. The van der Waals surface area contributed by atoms with Crippen LogP contribution in [0.4, 0.5) is 0 Å². The Morgan fingerprint density at radius 1 is 1.18 bits per heavy atom. The van der Waals surface area contributed by atoms with Crippen molar-refractivity contribution in [3.05, 3.63) is 52.8 Å². The fourth-order valence-corrected chi connectivity index (χ4v) is 1.90. The third-order valence-electron chi connectivity index (χ3n) is 3.19. The molecule has 0 aliphatic carbocycles. The highest BCUT2D eigenvalue weighted by atomic mass is 15.3. The van der Waals surface area contributed by atoms with Gasteiger partial charge in [0.05, 0.1) is 12.7 Å². The zero-order valence-electron chi connectivity index (χ0n) is 10.5. The van der Waals surface area contributed by atoms with Gasteiger partial charge in [0.25, 0.3) is 0 Å². The molecule has 3 nitrogen and oxygen atoms in total. The van der Waals surface area contributed by atoms with Crippen molar-refractivity contribution in [2.24, 2.45) is 5.73 Å². The lowest BCUT2D eigenvalue weighted by Crippen LogP contribution is -2.05. The van der Waals surface area contributed by atoms with E-state index >= 15 is 0 Å². The molecule has 0 aliphatic rings. The normalized spacial score (nSPS) is 10.8. The first-order chi connectivity index (χ1) is 8.24. The Morgan fingerprint density at radius 2 is 1.82 bits per heavy atom. The molecule has 0 unspecified atom stereocenters. The molecule has 1 heterocycles. The number of nitrogens with zero attached hydrogens (tertiary/aromatic N) is 2. The van der Waals surface area contributed by atoms with Crippen LogP contribution in [0.1, 0.15) is 29.3 Å². The average Bonchev–Trinajstić information content (AvgIpc) is 2.71. The summed E-state index contributed by atoms with van der Waals surface area (Å²) < 4.78 is 2.00. The van der Waals surface area contributed by atoms with Crippen LogP contribution in [0.3, 0.4) is 0 Å². The standard InChI is InChI=1S/C14H19N3/c1-3-12-4-6-13(7-5-12)10-17-11(2)14(8-15)9-16-17/h4-7,9H,3,8,10,15H2,1-2H3. The number of nitrogens with two attached hydrogens (primary N) is 1. The summed E-state index contributed by atoms with van der Waals surface area (Å²) in [5.41, 5.74) is 10.6. The molecule has 17 heavy (non-hydrogen) atoms. The minimum absolute atomic E-state index is 0.556. The van der Waals surface area contributed by atoms with Crippen LogP contribution in [-0.2, 0) is 19.5 Å². The number of benzene rings is 1. The predicted octanol–water partition coefficient (Wildman–Crippen LogP) is 2.26. The van der Waals surface area contributed by atoms with E-state index in [-0.39, 0.29) is 0 Å². The number of hydrogen-bond donors (Lipinski definition) is 1. The average molecular weight is 229 g/mol. The molecule has 0 spiro atoms. The Labute approximate surface area is 102 Å². The maximum atomic E-state index is 5.64. The molecule has 3 heteroatoms. The maximum absolute atomic E-state index is 5.64. The molecule has 1 aromatic carbocycles. The van der Waals surface area contributed by atoms with E-state index in [1.54, 1.807) is 0 Å². The maximum Gasteiger partial charge on any atom is 0.0662 e. The lowest BCUT2D eigenvalue weighted by molar-refractivity contribution is 0.663. The molecule has 2 rings (SSSR count). The van der Waals surface area contributed by atoms with Crippen molar-refractivity contribution in [2.75, 3.05) is 0 Å². The first kappa shape index (κ1) is 11.9. The molecule has 0 atom stereocenters. The Morgan fingerprint density at radius 3 is 2.35 bits per heavy atom. The van der Waals surface area contributed by atoms with Crippen molar-refractivity contribution in [3.63, 3.8) is 0 Å². The SMILES string of the molecule is CCc1ccc(Cn2ncc(CN)c2C)cc1. The molecule has 0 radical (unpaired) electrons. The highest BCUT2D eigenvalue weighted by Crippen LogP contribution is 2.10. The van der Waals surface area contributed by atoms with Gasteiger partial charge in [0.2, 0.25) is 0 Å². The summed E-state index contributed by atoms with van der Waals surface area (Å²) in [5.74, 6) is 0. The van der Waals surface area contributed by atoms with Gasteiger partial charge in [-0.25, -0.2) is 0 Å². The van der Waals surface area contributed by atoms with Crippen LogP contribution in [0, 0.1) is 6.92 Å². The van der Waals surface area contributed by atoms with E-state index in [1.165, 1.54) is 11.1 Å². The van der Waals surface area contributed by atoms with E-state index in [0.29, 0.717) is 6.54 Å². The van der Waals surface area contributed by atoms with Crippen molar-refractivity contribution in [1.29, 1.82) is 0 Å². The third-order valence-corrected chi connectivity index (χ3v) is 3.19. The molecule has 0 fully saturated rings. The molecule has 0 aliphatic heterocycles. The summed E-state index contributed by atoms with van der Waals surface area (Å²) >= 11 is 0. The Balaban J connectivity index is 2.16. The van der Waals surface area contributed by atoms with Crippen LogP contribution < -0.4 is 5.73 Å². The molecule has 0 saturated heterocycles. The van der Waals surface area contributed by atoms with E-state index in [9.17, 15) is 0 Å². The summed E-state index contributed by atoms with van der Waals surface area (Å²) in [4.78, 5) is 0. The van der Waals surface area contributed by atoms with Gasteiger partial charge in [0, 0.05) is 17.8 Å². The summed E-state index contributed by atoms with van der Waals surface area (Å²) in [6.45, 7) is 5.60. The monoisotopic (exact) mass is 229 g/mol. The number of aryl methyl sites for hydroxylation is 1. The van der Waals surface area contributed by atoms with Gasteiger partial charge in [0.15, 0.2) is 0 Å². The van der Waals surface area contributed by atoms with E-state index in [1.807, 2.05) is 10.9 Å². The zero-order valence-corrected chi connectivity index (χ0v) is 10.5. The van der Waals surface area contributed by atoms with Crippen LogP contribution in [-0.4, -0.2) is 9.78 Å². The van der Waals surface area contributed by atoms with Gasteiger partial charge < -0.3 is 5.73 Å². The summed E-state index contributed by atoms with van der Waals surface area (Å²) in [7, 11) is 0. The Hall–Kier alpha value is -1.61. The summed E-state index contributed by atoms with van der Waals surface area (Å²) in [6.07, 6.45) is 2.94. The van der Waals surface area contributed by atoms with Crippen molar-refractivity contribution in [3.8, 4) is 0 Å². The largest absolute Gasteiger partial charge is 0.326 e. The van der Waals surface area contributed by atoms with E-state index in [4.69, 9.17) is 5.73 Å². The molecule has 90 valence electrons. The number of rotatable bonds is 4. The third kappa shape index (κ3) is 2.56. The minimum atomic E-state index is 0.556. The second kappa shape index (κ2) is 5.15. The van der Waals surface area contributed by atoms with Gasteiger partial charge in [-0.3, -0.25) is 4.68 Å². The zero-order chi connectivity index (χ0) is 12.3. The lowest BCUT2D eigenvalue weighted by atomic mass is 10.1. The first-order valence-corrected chi connectivity index (χ1v) is 6.03. The molecular weight excluding hydrogens is 210 g/mol. The van der Waals surface area contributed by atoms with Crippen molar-refractivity contribution in [1.82, 2.24) is 9.78 Å². The van der Waals surface area contributed by atoms with Crippen molar-refractivity contribution >= 4 is 0 Å². The molecule has 2 N–H and O–H groups in total. The van der Waals surface area contributed by atoms with Crippen LogP contribution >= 0.6 is 0 Å². The van der Waals surface area contributed by atoms with Gasteiger partial charge in [-0.15, -0.1) is 0 Å². The predicted molar refractivity (Wildman–Crippen MR) is 69.8 cm³/mol. The van der Waals surface area contributed by atoms with Gasteiger partial charge in [0.1, 0.15) is 0 Å². The fourth-order valence-electron chi connectivity index (χ4n) is 1.90. The quantitative estimate of drug-likeness (QED) is 0.874. The van der Waals surface area contributed by atoms with Crippen LogP contribution in [0.15, 0.2) is 30.5 Å². The number of aromatic nitrogens is 2. The number of hydrogen-bond acceptors (Lipinski definition) is 2. The topological polar surface area (TPSA) is 43.8 Å². The van der Waals surface area contributed by atoms with Crippen molar-refractivity contribution < 1.29 is 0 Å². The summed E-state index contributed by atoms with van der Waals surface area (Å²) in [6, 6.07) is 8.69. The second-order valence-corrected chi connectivity index (χ2v) is 4.29. The van der Waals surface area contributed by atoms with Crippen LogP contribution in [0.25, 0.3) is 0 Å². The van der Waals surface area contributed by atoms with E-state index in [2.05, 4.69) is 43.2 Å². The highest BCUT2D eigenvalue weighted by molar-refractivity contribution is 5.24. The molecule has 0 amide bonds. The smallest absolute Gasteiger partial charge is 0.0662 e. The fraction of sp³-hybridized carbons (Fsp3) is 0.357. The second-order valence-electron chi connectivity index (χ2n) is 4.29. The van der Waals surface area contributed by atoms with Crippen molar-refractivity contribution in [2.45, 2.75) is 33.4 Å². The Bertz CT molecular complexity index is 483. The van der Waals surface area contributed by atoms with Gasteiger partial charge in [-0.05, 0) is 24.5 Å². The molecule has 1 aromatic heterocycles. The van der Waals surface area contributed by atoms with Crippen LogP contribution in [0.5, 0.6) is 0 Å². The van der Waals surface area contributed by atoms with Gasteiger partial charge in [-0.1, -0.05) is 31.2 Å². The molecule has 0 bridgehead atoms. The highest BCUT2D eigenvalue weighted by Gasteiger charge is 2.04. The van der Waals surface area contributed by atoms with E-state index in [0.717, 1.165) is 24.2 Å². The molecular formula is C14H19N3. The van der Waals surface area contributed by atoms with Gasteiger partial charge in [-0.2, -0.15) is 5.10 Å². The minimum Gasteiger partial charge on any atom is -0.326 e. The van der Waals surface area contributed by atoms with Gasteiger partial charge >= 0.3 is 0 Å². The molecule has 0 saturated carbocycles. The van der Waals surface area contributed by atoms with Crippen LogP contribution in [0.2, 0.25) is 0 Å². The molecule has 2 aromatic rings. The van der Waals surface area contributed by atoms with E-state index < -0.39 is 0 Å². The first-order valence-electron chi connectivity index (χ1n) is 6.03. The Kier molecular flexibility index (Phi) is 3.59.